The molecular weight excluding hydrogens is 386 g/mol. The third kappa shape index (κ3) is 4.32. The normalized spacial score (nSPS) is 18.9. The summed E-state index contributed by atoms with van der Waals surface area (Å²) >= 11 is 0. The predicted octanol–water partition coefficient (Wildman–Crippen LogP) is 5.86. The number of hydrogen-bond acceptors (Lipinski definition) is 5. The largest absolute Gasteiger partial charge is 0.462 e. The lowest BCUT2D eigenvalue weighted by Crippen LogP contribution is -2.34. The molecule has 166 valence electrons. The van der Waals surface area contributed by atoms with Gasteiger partial charge in [0.05, 0.1) is 12.2 Å². The van der Waals surface area contributed by atoms with Crippen LogP contribution < -0.4 is 4.90 Å². The van der Waals surface area contributed by atoms with Crippen LogP contribution in [0.2, 0.25) is 0 Å². The number of esters is 1. The van der Waals surface area contributed by atoms with E-state index in [2.05, 4.69) is 61.6 Å². The Hall–Kier alpha value is -2.43. The molecule has 0 radical (unpaired) electrons. The quantitative estimate of drug-likeness (QED) is 0.547. The summed E-state index contributed by atoms with van der Waals surface area (Å²) in [6.45, 7) is 14.7. The van der Waals surface area contributed by atoms with E-state index in [4.69, 9.17) is 4.74 Å². The molecule has 2 aliphatic rings. The summed E-state index contributed by atoms with van der Waals surface area (Å²) in [5.41, 5.74) is 6.06. The number of aromatic nitrogens is 2. The van der Waals surface area contributed by atoms with Crippen LogP contribution in [0.3, 0.4) is 0 Å². The van der Waals surface area contributed by atoms with Crippen LogP contribution in [-0.4, -0.2) is 29.1 Å². The van der Waals surface area contributed by atoms with Gasteiger partial charge in [-0.15, -0.1) is 0 Å². The molecule has 4 rings (SSSR count). The van der Waals surface area contributed by atoms with Crippen LogP contribution in [0, 0.1) is 12.8 Å². The fourth-order valence-corrected chi connectivity index (χ4v) is 4.63. The van der Waals surface area contributed by atoms with Crippen molar-refractivity contribution in [2.24, 2.45) is 5.92 Å². The van der Waals surface area contributed by atoms with Gasteiger partial charge >= 0.3 is 5.97 Å². The van der Waals surface area contributed by atoms with Crippen LogP contribution >= 0.6 is 0 Å². The van der Waals surface area contributed by atoms with E-state index in [1.807, 2.05) is 0 Å². The van der Waals surface area contributed by atoms with Crippen molar-refractivity contribution in [2.75, 3.05) is 18.1 Å². The average Bonchev–Trinajstić information content (AvgIpc) is 3.54. The Kier molecular flexibility index (Phi) is 5.57. The first-order chi connectivity index (χ1) is 14.6. The van der Waals surface area contributed by atoms with Crippen LogP contribution in [0.5, 0.6) is 0 Å². The van der Waals surface area contributed by atoms with Crippen molar-refractivity contribution in [3.8, 4) is 0 Å². The molecule has 0 aliphatic heterocycles. The molecule has 2 aromatic rings. The molecule has 1 aromatic carbocycles. The second-order valence-corrected chi connectivity index (χ2v) is 10.5. The highest BCUT2D eigenvalue weighted by atomic mass is 16.5. The molecule has 2 aliphatic carbocycles. The summed E-state index contributed by atoms with van der Waals surface area (Å²) in [4.78, 5) is 23.4. The van der Waals surface area contributed by atoms with Crippen molar-refractivity contribution in [1.82, 2.24) is 9.97 Å². The summed E-state index contributed by atoms with van der Waals surface area (Å²) in [5.74, 6) is 0.945. The first-order valence-corrected chi connectivity index (χ1v) is 11.5. The second kappa shape index (κ2) is 7.92. The summed E-state index contributed by atoms with van der Waals surface area (Å²) in [6.07, 6.45) is 8.06. The number of carbonyl (C=O) groups is 1. The Morgan fingerprint density at radius 3 is 2.19 bits per heavy atom. The van der Waals surface area contributed by atoms with Gasteiger partial charge in [-0.1, -0.05) is 33.8 Å². The van der Waals surface area contributed by atoms with Crippen molar-refractivity contribution in [1.29, 1.82) is 0 Å². The molecule has 1 saturated carbocycles. The van der Waals surface area contributed by atoms with E-state index in [9.17, 15) is 4.79 Å². The predicted molar refractivity (Wildman–Crippen MR) is 124 cm³/mol. The Balaban J connectivity index is 1.76. The molecule has 0 N–H and O–H groups in total. The van der Waals surface area contributed by atoms with Gasteiger partial charge in [-0.05, 0) is 79.0 Å². The van der Waals surface area contributed by atoms with E-state index in [0.717, 1.165) is 6.54 Å². The molecule has 0 amide bonds. The lowest BCUT2D eigenvalue weighted by Gasteiger charge is -2.43. The molecule has 5 nitrogen and oxygen atoms in total. The van der Waals surface area contributed by atoms with Crippen LogP contribution in [0.25, 0.3) is 0 Å². The number of rotatable bonds is 6. The Morgan fingerprint density at radius 2 is 1.65 bits per heavy atom. The maximum absolute atomic E-state index is 12.0. The van der Waals surface area contributed by atoms with Gasteiger partial charge in [0, 0.05) is 24.6 Å². The van der Waals surface area contributed by atoms with Crippen LogP contribution in [0.15, 0.2) is 24.5 Å². The molecule has 1 fully saturated rings. The minimum absolute atomic E-state index is 0.146. The maximum atomic E-state index is 12.0. The Morgan fingerprint density at radius 1 is 1.06 bits per heavy atom. The third-order valence-corrected chi connectivity index (χ3v) is 6.99. The number of fused-ring (bicyclic) bond motifs is 1. The molecular formula is C26H35N3O2. The molecule has 0 atom stereocenters. The number of carbonyl (C=O) groups excluding carboxylic acids is 1. The molecule has 5 heteroatoms. The maximum Gasteiger partial charge on any atom is 0.341 e. The lowest BCUT2D eigenvalue weighted by molar-refractivity contribution is 0.0525. The minimum atomic E-state index is -0.378. The van der Waals surface area contributed by atoms with E-state index in [0.29, 0.717) is 24.0 Å². The Bertz CT molecular complexity index is 975. The average molecular weight is 422 g/mol. The van der Waals surface area contributed by atoms with Crippen LogP contribution in [-0.2, 0) is 15.6 Å². The van der Waals surface area contributed by atoms with Crippen molar-refractivity contribution in [2.45, 2.75) is 78.1 Å². The summed E-state index contributed by atoms with van der Waals surface area (Å²) in [5, 5.41) is 0. The number of aryl methyl sites for hydroxylation is 1. The standard InChI is InChI=1S/C26H35N3O2/c1-7-31-23(30)19-14-27-24(28-15-19)29(16-18-8-9-18)22-13-21-20(12-17(22)2)25(3,4)10-11-26(21,5)6/h12-15,18H,7-11,16H2,1-6H3. The number of hydrogen-bond donors (Lipinski definition) is 0. The van der Waals surface area contributed by atoms with E-state index in [-0.39, 0.29) is 16.8 Å². The Labute approximate surface area is 186 Å². The first kappa shape index (κ1) is 21.8. The highest BCUT2D eigenvalue weighted by Crippen LogP contribution is 2.48. The smallest absolute Gasteiger partial charge is 0.341 e. The van der Waals surface area contributed by atoms with Gasteiger partial charge in [0.2, 0.25) is 5.95 Å². The van der Waals surface area contributed by atoms with Gasteiger partial charge in [-0.3, -0.25) is 0 Å². The zero-order valence-electron chi connectivity index (χ0n) is 19.8. The minimum Gasteiger partial charge on any atom is -0.462 e. The molecule has 31 heavy (non-hydrogen) atoms. The van der Waals surface area contributed by atoms with Gasteiger partial charge in [-0.2, -0.15) is 0 Å². The monoisotopic (exact) mass is 421 g/mol. The number of benzene rings is 1. The molecule has 1 heterocycles. The van der Waals surface area contributed by atoms with Gasteiger partial charge in [-0.25, -0.2) is 14.8 Å². The van der Waals surface area contributed by atoms with Crippen LogP contribution in [0.1, 0.15) is 87.4 Å². The van der Waals surface area contributed by atoms with Crippen molar-refractivity contribution >= 4 is 17.6 Å². The molecule has 0 saturated heterocycles. The van der Waals surface area contributed by atoms with Gasteiger partial charge in [0.25, 0.3) is 0 Å². The van der Waals surface area contributed by atoms with Crippen LogP contribution in [0.4, 0.5) is 11.6 Å². The van der Waals surface area contributed by atoms with E-state index < -0.39 is 0 Å². The molecule has 0 bridgehead atoms. The van der Waals surface area contributed by atoms with Crippen molar-refractivity contribution in [3.05, 3.63) is 46.8 Å². The summed E-state index contributed by atoms with van der Waals surface area (Å²) < 4.78 is 5.08. The fourth-order valence-electron chi connectivity index (χ4n) is 4.63. The SMILES string of the molecule is CCOC(=O)c1cnc(N(CC2CC2)c2cc3c(cc2C)C(C)(C)CCC3(C)C)nc1. The molecule has 0 spiro atoms. The van der Waals surface area contributed by atoms with Gasteiger partial charge in [0.1, 0.15) is 0 Å². The van der Waals surface area contributed by atoms with E-state index in [1.54, 1.807) is 19.3 Å². The topological polar surface area (TPSA) is 55.3 Å². The zero-order valence-corrected chi connectivity index (χ0v) is 19.8. The number of nitrogens with zero attached hydrogens (tertiary/aromatic N) is 3. The highest BCUT2D eigenvalue weighted by molar-refractivity contribution is 5.88. The zero-order chi connectivity index (χ0) is 22.4. The molecule has 1 aromatic heterocycles. The second-order valence-electron chi connectivity index (χ2n) is 10.5. The van der Waals surface area contributed by atoms with Gasteiger partial charge in [0.15, 0.2) is 0 Å². The highest BCUT2D eigenvalue weighted by Gasteiger charge is 2.38. The van der Waals surface area contributed by atoms with E-state index in [1.165, 1.54) is 48.1 Å². The third-order valence-electron chi connectivity index (χ3n) is 6.99. The van der Waals surface area contributed by atoms with E-state index >= 15 is 0 Å². The number of ether oxygens (including phenoxy) is 1. The fraction of sp³-hybridized carbons (Fsp3) is 0.577. The summed E-state index contributed by atoms with van der Waals surface area (Å²) in [6, 6.07) is 4.77. The van der Waals surface area contributed by atoms with Crippen molar-refractivity contribution in [3.63, 3.8) is 0 Å². The summed E-state index contributed by atoms with van der Waals surface area (Å²) in [7, 11) is 0. The lowest BCUT2D eigenvalue weighted by atomic mass is 9.63. The molecule has 0 unspecified atom stereocenters. The number of anilines is 2. The van der Waals surface area contributed by atoms with Gasteiger partial charge < -0.3 is 9.64 Å². The van der Waals surface area contributed by atoms with Crippen molar-refractivity contribution < 1.29 is 9.53 Å². The first-order valence-electron chi connectivity index (χ1n) is 11.5.